The lowest BCUT2D eigenvalue weighted by molar-refractivity contribution is 0.162. The van der Waals surface area contributed by atoms with Crippen molar-refractivity contribution in [1.29, 1.82) is 0 Å². The quantitative estimate of drug-likeness (QED) is 0.776. The molecule has 0 bridgehead atoms. The van der Waals surface area contributed by atoms with Gasteiger partial charge in [-0.2, -0.15) is 4.98 Å². The molecule has 2 heterocycles. The average molecular weight is 210 g/mol. The summed E-state index contributed by atoms with van der Waals surface area (Å²) >= 11 is 0. The van der Waals surface area contributed by atoms with Crippen LogP contribution in [-0.2, 0) is 6.42 Å². The Hall–Kier alpha value is -0.940. The Morgan fingerprint density at radius 2 is 2.53 bits per heavy atom. The second kappa shape index (κ2) is 4.72. The van der Waals surface area contributed by atoms with Crippen LogP contribution in [0.2, 0.25) is 0 Å². The third-order valence-corrected chi connectivity index (χ3v) is 3.10. The van der Waals surface area contributed by atoms with Gasteiger partial charge in [-0.05, 0) is 18.9 Å². The summed E-state index contributed by atoms with van der Waals surface area (Å²) < 4.78 is 4.96. The van der Waals surface area contributed by atoms with Crippen molar-refractivity contribution in [2.45, 2.75) is 25.8 Å². The predicted octanol–water partition coefficient (Wildman–Crippen LogP) is 0.281. The molecule has 5 heteroatoms. The predicted molar refractivity (Wildman–Crippen MR) is 56.2 cm³/mol. The van der Waals surface area contributed by atoms with Crippen LogP contribution in [0.3, 0.4) is 0 Å². The number of nitrogens with two attached hydrogens (primary N) is 1. The van der Waals surface area contributed by atoms with E-state index < -0.39 is 0 Å². The van der Waals surface area contributed by atoms with Crippen LogP contribution in [-0.4, -0.2) is 40.7 Å². The van der Waals surface area contributed by atoms with E-state index in [1.165, 1.54) is 6.33 Å². The molecule has 2 unspecified atom stereocenters. The first kappa shape index (κ1) is 10.6. The summed E-state index contributed by atoms with van der Waals surface area (Å²) in [5.74, 6) is 1.30. The maximum atomic E-state index is 5.96. The van der Waals surface area contributed by atoms with Gasteiger partial charge in [0, 0.05) is 25.6 Å². The Labute approximate surface area is 89.6 Å². The molecule has 5 nitrogen and oxygen atoms in total. The molecule has 1 fully saturated rings. The summed E-state index contributed by atoms with van der Waals surface area (Å²) in [5.41, 5.74) is 5.96. The van der Waals surface area contributed by atoms with Gasteiger partial charge in [0.1, 0.15) is 0 Å². The Bertz CT molecular complexity index is 288. The molecule has 2 N–H and O–H groups in total. The van der Waals surface area contributed by atoms with E-state index in [-0.39, 0.29) is 0 Å². The molecular weight excluding hydrogens is 192 g/mol. The van der Waals surface area contributed by atoms with E-state index in [9.17, 15) is 0 Å². The van der Waals surface area contributed by atoms with E-state index in [1.54, 1.807) is 0 Å². The van der Waals surface area contributed by atoms with Crippen LogP contribution in [0, 0.1) is 5.92 Å². The first-order chi connectivity index (χ1) is 7.25. The maximum absolute atomic E-state index is 5.96. The van der Waals surface area contributed by atoms with Crippen molar-refractivity contribution in [3.8, 4) is 0 Å². The van der Waals surface area contributed by atoms with Gasteiger partial charge in [0.15, 0.2) is 6.33 Å². The number of nitrogens with zero attached hydrogens (tertiary/aromatic N) is 3. The SMILES string of the molecule is CC1CN(CCc2ncno2)CCC1N. The minimum Gasteiger partial charge on any atom is -0.340 e. The fourth-order valence-corrected chi connectivity index (χ4v) is 2.01. The van der Waals surface area contributed by atoms with Gasteiger partial charge >= 0.3 is 0 Å². The number of hydrogen-bond acceptors (Lipinski definition) is 5. The number of piperidine rings is 1. The van der Waals surface area contributed by atoms with Gasteiger partial charge in [-0.25, -0.2) is 0 Å². The Kier molecular flexibility index (Phi) is 3.33. The molecule has 0 spiro atoms. The van der Waals surface area contributed by atoms with Crippen molar-refractivity contribution < 1.29 is 4.52 Å². The topological polar surface area (TPSA) is 68.2 Å². The van der Waals surface area contributed by atoms with Crippen LogP contribution < -0.4 is 5.73 Å². The van der Waals surface area contributed by atoms with E-state index in [1.807, 2.05) is 0 Å². The van der Waals surface area contributed by atoms with E-state index >= 15 is 0 Å². The van der Waals surface area contributed by atoms with Crippen LogP contribution in [0.4, 0.5) is 0 Å². The number of rotatable bonds is 3. The standard InChI is InChI=1S/C10H18N4O/c1-8-6-14(4-2-9(8)11)5-3-10-12-7-13-15-10/h7-9H,2-6,11H2,1H3. The highest BCUT2D eigenvalue weighted by molar-refractivity contribution is 4.82. The fourth-order valence-electron chi connectivity index (χ4n) is 2.01. The number of aromatic nitrogens is 2. The lowest BCUT2D eigenvalue weighted by atomic mass is 9.95. The minimum absolute atomic E-state index is 0.365. The molecule has 2 rings (SSSR count). The lowest BCUT2D eigenvalue weighted by Gasteiger charge is -2.34. The molecule has 0 aliphatic carbocycles. The second-order valence-corrected chi connectivity index (χ2v) is 4.32. The van der Waals surface area contributed by atoms with E-state index in [0.717, 1.165) is 38.4 Å². The van der Waals surface area contributed by atoms with Crippen LogP contribution in [0.1, 0.15) is 19.2 Å². The Morgan fingerprint density at radius 3 is 3.20 bits per heavy atom. The molecule has 1 aromatic rings. The van der Waals surface area contributed by atoms with Crippen molar-refractivity contribution in [3.63, 3.8) is 0 Å². The summed E-state index contributed by atoms with van der Waals surface area (Å²) in [6, 6.07) is 0.365. The summed E-state index contributed by atoms with van der Waals surface area (Å²) in [7, 11) is 0. The molecule has 0 aromatic carbocycles. The molecule has 84 valence electrons. The van der Waals surface area contributed by atoms with Gasteiger partial charge in [-0.1, -0.05) is 12.1 Å². The zero-order chi connectivity index (χ0) is 10.7. The summed E-state index contributed by atoms with van der Waals surface area (Å²) in [6.45, 7) is 5.36. The monoisotopic (exact) mass is 210 g/mol. The first-order valence-corrected chi connectivity index (χ1v) is 5.49. The van der Waals surface area contributed by atoms with Crippen molar-refractivity contribution in [3.05, 3.63) is 12.2 Å². The first-order valence-electron chi connectivity index (χ1n) is 5.49. The third kappa shape index (κ3) is 2.76. The molecule has 1 aliphatic rings. The summed E-state index contributed by atoms with van der Waals surface area (Å²) in [5, 5.41) is 3.59. The van der Waals surface area contributed by atoms with E-state index in [4.69, 9.17) is 10.3 Å². The van der Waals surface area contributed by atoms with Crippen molar-refractivity contribution in [2.75, 3.05) is 19.6 Å². The molecular formula is C10H18N4O. The third-order valence-electron chi connectivity index (χ3n) is 3.10. The molecule has 0 saturated carbocycles. The van der Waals surface area contributed by atoms with Gasteiger partial charge in [0.2, 0.25) is 5.89 Å². The van der Waals surface area contributed by atoms with E-state index in [0.29, 0.717) is 12.0 Å². The Balaban J connectivity index is 1.76. The van der Waals surface area contributed by atoms with E-state index in [2.05, 4.69) is 22.0 Å². The minimum atomic E-state index is 0.365. The molecule has 0 amide bonds. The van der Waals surface area contributed by atoms with Gasteiger partial charge in [-0.3, -0.25) is 0 Å². The number of hydrogen-bond donors (Lipinski definition) is 1. The van der Waals surface area contributed by atoms with Gasteiger partial charge in [0.25, 0.3) is 0 Å². The molecule has 1 saturated heterocycles. The average Bonchev–Trinajstić information content (AvgIpc) is 2.73. The zero-order valence-electron chi connectivity index (χ0n) is 9.09. The largest absolute Gasteiger partial charge is 0.340 e. The van der Waals surface area contributed by atoms with Crippen LogP contribution in [0.25, 0.3) is 0 Å². The lowest BCUT2D eigenvalue weighted by Crippen LogP contribution is -2.46. The second-order valence-electron chi connectivity index (χ2n) is 4.32. The normalized spacial score (nSPS) is 28.1. The molecule has 1 aliphatic heterocycles. The van der Waals surface area contributed by atoms with Crippen molar-refractivity contribution in [1.82, 2.24) is 15.0 Å². The Morgan fingerprint density at radius 1 is 1.67 bits per heavy atom. The van der Waals surface area contributed by atoms with Gasteiger partial charge < -0.3 is 15.2 Å². The molecule has 15 heavy (non-hydrogen) atoms. The highest BCUT2D eigenvalue weighted by Crippen LogP contribution is 2.14. The van der Waals surface area contributed by atoms with Gasteiger partial charge in [-0.15, -0.1) is 0 Å². The van der Waals surface area contributed by atoms with Crippen molar-refractivity contribution in [2.24, 2.45) is 11.7 Å². The van der Waals surface area contributed by atoms with Crippen LogP contribution >= 0.6 is 0 Å². The number of likely N-dealkylation sites (tertiary alicyclic amines) is 1. The zero-order valence-corrected chi connectivity index (χ0v) is 9.09. The summed E-state index contributed by atoms with van der Waals surface area (Å²) in [6.07, 6.45) is 3.37. The molecule has 2 atom stereocenters. The van der Waals surface area contributed by atoms with Crippen molar-refractivity contribution >= 4 is 0 Å². The van der Waals surface area contributed by atoms with Crippen LogP contribution in [0.15, 0.2) is 10.9 Å². The smallest absolute Gasteiger partial charge is 0.227 e. The maximum Gasteiger partial charge on any atom is 0.227 e. The van der Waals surface area contributed by atoms with Gasteiger partial charge in [0.05, 0.1) is 0 Å². The highest BCUT2D eigenvalue weighted by Gasteiger charge is 2.22. The highest BCUT2D eigenvalue weighted by atomic mass is 16.5. The fraction of sp³-hybridized carbons (Fsp3) is 0.800. The molecule has 0 radical (unpaired) electrons. The van der Waals surface area contributed by atoms with Crippen LogP contribution in [0.5, 0.6) is 0 Å². The summed E-state index contributed by atoms with van der Waals surface area (Å²) in [4.78, 5) is 6.42. The molecule has 1 aromatic heterocycles.